The number of nitrogens with zero attached hydrogens (tertiary/aromatic N) is 1. The number of nitrogens with one attached hydrogen (secondary N) is 1. The van der Waals surface area contributed by atoms with E-state index in [0.717, 1.165) is 11.3 Å². The lowest BCUT2D eigenvalue weighted by atomic mass is 10.1. The molecule has 0 aliphatic heterocycles. The molecule has 0 fully saturated rings. The minimum atomic E-state index is -0.720. The Morgan fingerprint density at radius 3 is 2.41 bits per heavy atom. The third-order valence-corrected chi connectivity index (χ3v) is 5.89. The number of carbonyl (C=O) groups excluding carboxylic acids is 2. The first-order chi connectivity index (χ1) is 13.8. The maximum Gasteiger partial charge on any atom is 0.242 e. The normalized spacial score (nSPS) is 12.9. The summed E-state index contributed by atoms with van der Waals surface area (Å²) in [5.41, 5.74) is 0.375. The lowest BCUT2D eigenvalue weighted by Crippen LogP contribution is -2.50. The first-order valence-electron chi connectivity index (χ1n) is 9.53. The van der Waals surface area contributed by atoms with Gasteiger partial charge in [0.2, 0.25) is 11.8 Å². The molecule has 0 aromatic heterocycles. The Morgan fingerprint density at radius 1 is 1.14 bits per heavy atom. The van der Waals surface area contributed by atoms with Crippen molar-refractivity contribution >= 4 is 35.2 Å². The number of hydrogen-bond donors (Lipinski definition) is 1. The van der Waals surface area contributed by atoms with Crippen LogP contribution in [-0.2, 0) is 16.1 Å². The molecule has 0 radical (unpaired) electrons. The highest BCUT2D eigenvalue weighted by Gasteiger charge is 2.27. The minimum absolute atomic E-state index is 0.00111. The number of carbonyl (C=O) groups is 2. The first kappa shape index (κ1) is 23.2. The summed E-state index contributed by atoms with van der Waals surface area (Å²) in [6.07, 6.45) is 0.784. The van der Waals surface area contributed by atoms with E-state index in [4.69, 9.17) is 11.6 Å². The molecule has 2 atom stereocenters. The van der Waals surface area contributed by atoms with E-state index in [1.165, 1.54) is 22.7 Å². The van der Waals surface area contributed by atoms with Crippen LogP contribution in [-0.4, -0.2) is 34.6 Å². The predicted molar refractivity (Wildman–Crippen MR) is 116 cm³/mol. The van der Waals surface area contributed by atoms with Gasteiger partial charge in [-0.1, -0.05) is 36.7 Å². The van der Waals surface area contributed by atoms with Crippen LogP contribution in [0.15, 0.2) is 53.4 Å². The van der Waals surface area contributed by atoms with Crippen molar-refractivity contribution in [2.45, 2.75) is 50.7 Å². The van der Waals surface area contributed by atoms with Gasteiger partial charge in [0.05, 0.1) is 5.75 Å². The molecule has 2 rings (SSSR count). The Kier molecular flexibility index (Phi) is 8.99. The average Bonchev–Trinajstić information content (AvgIpc) is 2.71. The highest BCUT2D eigenvalue weighted by atomic mass is 35.5. The van der Waals surface area contributed by atoms with Gasteiger partial charge in [0, 0.05) is 28.1 Å². The summed E-state index contributed by atoms with van der Waals surface area (Å²) in [5, 5.41) is 3.52. The van der Waals surface area contributed by atoms with E-state index >= 15 is 0 Å². The molecular weight excluding hydrogens is 411 g/mol. The number of amides is 2. The van der Waals surface area contributed by atoms with Crippen LogP contribution in [0.1, 0.15) is 32.8 Å². The van der Waals surface area contributed by atoms with Gasteiger partial charge in [0.1, 0.15) is 11.9 Å². The highest BCUT2D eigenvalue weighted by Crippen LogP contribution is 2.22. The zero-order valence-corrected chi connectivity index (χ0v) is 18.4. The molecule has 7 heteroatoms. The molecule has 2 aromatic carbocycles. The van der Waals surface area contributed by atoms with Gasteiger partial charge in [-0.3, -0.25) is 9.59 Å². The van der Waals surface area contributed by atoms with Crippen LogP contribution >= 0.6 is 23.4 Å². The van der Waals surface area contributed by atoms with Crippen molar-refractivity contribution in [3.8, 4) is 0 Å². The van der Waals surface area contributed by atoms with E-state index in [0.29, 0.717) is 10.6 Å². The minimum Gasteiger partial charge on any atom is -0.352 e. The van der Waals surface area contributed by atoms with E-state index in [-0.39, 0.29) is 30.2 Å². The number of halogens is 2. The van der Waals surface area contributed by atoms with E-state index in [9.17, 15) is 14.0 Å². The summed E-state index contributed by atoms with van der Waals surface area (Å²) in [4.78, 5) is 27.9. The molecule has 2 aromatic rings. The lowest BCUT2D eigenvalue weighted by molar-refractivity contribution is -0.139. The number of rotatable bonds is 9. The molecule has 0 aliphatic carbocycles. The molecule has 0 aliphatic rings. The van der Waals surface area contributed by atoms with Gasteiger partial charge < -0.3 is 10.2 Å². The van der Waals surface area contributed by atoms with Crippen LogP contribution in [0, 0.1) is 5.82 Å². The molecule has 0 spiro atoms. The average molecular weight is 437 g/mol. The summed E-state index contributed by atoms with van der Waals surface area (Å²) in [5.74, 6) is -0.748. The Hall–Kier alpha value is -2.05. The van der Waals surface area contributed by atoms with Crippen molar-refractivity contribution in [3.05, 3.63) is 64.9 Å². The maximum atomic E-state index is 14.2. The van der Waals surface area contributed by atoms with Crippen LogP contribution in [0.3, 0.4) is 0 Å². The van der Waals surface area contributed by atoms with Gasteiger partial charge in [-0.15, -0.1) is 11.8 Å². The van der Waals surface area contributed by atoms with Gasteiger partial charge in [-0.05, 0) is 50.6 Å². The Labute approximate surface area is 180 Å². The second-order valence-electron chi connectivity index (χ2n) is 6.85. The molecule has 29 heavy (non-hydrogen) atoms. The van der Waals surface area contributed by atoms with Crippen LogP contribution < -0.4 is 5.32 Å². The molecule has 0 bridgehead atoms. The maximum absolute atomic E-state index is 14.2. The SMILES string of the molecule is CC[C@H](C)NC(=O)[C@@H](C)N(Cc1ccccc1F)C(=O)CSc1ccc(Cl)cc1. The third kappa shape index (κ3) is 7.05. The highest BCUT2D eigenvalue weighted by molar-refractivity contribution is 8.00. The monoisotopic (exact) mass is 436 g/mol. The number of thioether (sulfide) groups is 1. The largest absolute Gasteiger partial charge is 0.352 e. The predicted octanol–water partition coefficient (Wildman–Crippen LogP) is 4.90. The third-order valence-electron chi connectivity index (χ3n) is 4.64. The second-order valence-corrected chi connectivity index (χ2v) is 8.33. The van der Waals surface area contributed by atoms with Gasteiger partial charge in [0.25, 0.3) is 0 Å². The Bertz CT molecular complexity index is 832. The van der Waals surface area contributed by atoms with Gasteiger partial charge in [-0.2, -0.15) is 0 Å². The fraction of sp³-hybridized carbons (Fsp3) is 0.364. The number of benzene rings is 2. The first-order valence-corrected chi connectivity index (χ1v) is 10.9. The van der Waals surface area contributed by atoms with Crippen LogP contribution in [0.5, 0.6) is 0 Å². The number of hydrogen-bond acceptors (Lipinski definition) is 3. The van der Waals surface area contributed by atoms with E-state index in [1.54, 1.807) is 37.3 Å². The van der Waals surface area contributed by atoms with Crippen molar-refractivity contribution in [2.24, 2.45) is 0 Å². The van der Waals surface area contributed by atoms with Crippen molar-refractivity contribution in [3.63, 3.8) is 0 Å². The van der Waals surface area contributed by atoms with Crippen molar-refractivity contribution in [1.29, 1.82) is 0 Å². The second kappa shape index (κ2) is 11.2. The molecule has 156 valence electrons. The molecule has 0 saturated heterocycles. The zero-order valence-electron chi connectivity index (χ0n) is 16.8. The fourth-order valence-corrected chi connectivity index (χ4v) is 3.53. The topological polar surface area (TPSA) is 49.4 Å². The molecule has 2 amide bonds. The van der Waals surface area contributed by atoms with Crippen molar-refractivity contribution in [2.75, 3.05) is 5.75 Å². The quantitative estimate of drug-likeness (QED) is 0.568. The Morgan fingerprint density at radius 2 is 1.79 bits per heavy atom. The summed E-state index contributed by atoms with van der Waals surface area (Å²) in [6.45, 7) is 5.58. The van der Waals surface area contributed by atoms with E-state index in [1.807, 2.05) is 26.0 Å². The van der Waals surface area contributed by atoms with E-state index in [2.05, 4.69) is 5.32 Å². The summed E-state index contributed by atoms with van der Waals surface area (Å²) in [6, 6.07) is 12.8. The molecule has 0 heterocycles. The van der Waals surface area contributed by atoms with Gasteiger partial charge in [-0.25, -0.2) is 4.39 Å². The molecule has 1 N–H and O–H groups in total. The van der Waals surface area contributed by atoms with E-state index < -0.39 is 11.9 Å². The van der Waals surface area contributed by atoms with Gasteiger partial charge in [0.15, 0.2) is 0 Å². The van der Waals surface area contributed by atoms with Crippen molar-refractivity contribution < 1.29 is 14.0 Å². The lowest BCUT2D eigenvalue weighted by Gasteiger charge is -2.29. The summed E-state index contributed by atoms with van der Waals surface area (Å²) in [7, 11) is 0. The fourth-order valence-electron chi connectivity index (χ4n) is 2.62. The van der Waals surface area contributed by atoms with Gasteiger partial charge >= 0.3 is 0 Å². The summed E-state index contributed by atoms with van der Waals surface area (Å²) >= 11 is 7.25. The van der Waals surface area contributed by atoms with Crippen LogP contribution in [0.4, 0.5) is 4.39 Å². The van der Waals surface area contributed by atoms with Crippen molar-refractivity contribution in [1.82, 2.24) is 10.2 Å². The molecule has 4 nitrogen and oxygen atoms in total. The Balaban J connectivity index is 2.15. The van der Waals surface area contributed by atoms with Crippen LogP contribution in [0.2, 0.25) is 5.02 Å². The summed E-state index contributed by atoms with van der Waals surface area (Å²) < 4.78 is 14.2. The molecule has 0 saturated carbocycles. The smallest absolute Gasteiger partial charge is 0.242 e. The molecular formula is C22H26ClFN2O2S. The molecule has 0 unspecified atom stereocenters. The van der Waals surface area contributed by atoms with Crippen LogP contribution in [0.25, 0.3) is 0 Å². The standard InChI is InChI=1S/C22H26ClFN2O2S/c1-4-15(2)25-22(28)16(3)26(13-17-7-5-6-8-20(17)24)21(27)14-29-19-11-9-18(23)10-12-19/h5-12,15-16H,4,13-14H2,1-3H3,(H,25,28)/t15-,16+/m0/s1. The zero-order chi connectivity index (χ0) is 21.4.